The van der Waals surface area contributed by atoms with Gasteiger partial charge in [-0.3, -0.25) is 14.6 Å². The first-order valence-electron chi connectivity index (χ1n) is 2.07. The van der Waals surface area contributed by atoms with Gasteiger partial charge < -0.3 is 4.42 Å². The molecule has 1 N–H and O–H groups in total. The summed E-state index contributed by atoms with van der Waals surface area (Å²) in [6.45, 7) is 0. The van der Waals surface area contributed by atoms with E-state index in [0.29, 0.717) is 0 Å². The molecule has 0 spiro atoms. The fourth-order valence-corrected chi connectivity index (χ4v) is 0.592. The summed E-state index contributed by atoms with van der Waals surface area (Å²) in [4.78, 5) is 22.7. The minimum Gasteiger partial charge on any atom is -0.437 e. The largest absolute Gasteiger partial charge is 0.437 e. The van der Waals surface area contributed by atoms with Crippen molar-refractivity contribution in [3.05, 3.63) is 31.5 Å². The molecule has 4 nitrogen and oxygen atoms in total. The summed E-state index contributed by atoms with van der Waals surface area (Å²) in [5, 5.41) is 0. The molecule has 0 bridgehead atoms. The first-order chi connectivity index (χ1) is 3.79. The number of H-pyrrole nitrogens is 1. The Morgan fingerprint density at radius 3 is 1.75 bits per heavy atom. The van der Waals surface area contributed by atoms with Gasteiger partial charge in [-0.1, -0.05) is 0 Å². The van der Waals surface area contributed by atoms with E-state index in [0.717, 1.165) is 0 Å². The van der Waals surface area contributed by atoms with E-state index in [1.54, 1.807) is 0 Å². The van der Waals surface area contributed by atoms with Crippen molar-refractivity contribution >= 4 is 0 Å². The van der Waals surface area contributed by atoms with Crippen LogP contribution in [-0.2, 0) is 0 Å². The fourth-order valence-electron chi connectivity index (χ4n) is 0.592. The van der Waals surface area contributed by atoms with Crippen molar-refractivity contribution in [1.82, 2.24) is 4.98 Å². The average Bonchev–Trinajstić information content (AvgIpc) is 2.35. The third kappa shape index (κ3) is 0.228. The molecule has 0 saturated heterocycles. The zero-order valence-electron chi connectivity index (χ0n) is 3.72. The number of hydrogen-bond donors (Lipinski definition) is 1. The number of rotatable bonds is 0. The molecule has 0 amide bonds. The van der Waals surface area contributed by atoms with Crippen LogP contribution in [-0.4, -0.2) is 4.98 Å². The van der Waals surface area contributed by atoms with Gasteiger partial charge in [0, 0.05) is 0 Å². The summed E-state index contributed by atoms with van der Waals surface area (Å²) in [5.74, 6) is 0. The molecule has 0 atom stereocenters. The molecule has 0 radical (unpaired) electrons. The van der Waals surface area contributed by atoms with Crippen molar-refractivity contribution in [2.45, 2.75) is 0 Å². The van der Waals surface area contributed by atoms with Gasteiger partial charge in [-0.25, -0.2) is 0 Å². The highest BCUT2D eigenvalue weighted by atomic mass is 16.4. The Morgan fingerprint density at radius 2 is 1.62 bits per heavy atom. The van der Waals surface area contributed by atoms with Gasteiger partial charge in [0.25, 0.3) is 11.1 Å². The summed E-state index contributed by atoms with van der Waals surface area (Å²) in [7, 11) is 0. The number of aromatic amines is 1. The van der Waals surface area contributed by atoms with E-state index in [2.05, 4.69) is 4.42 Å². The second kappa shape index (κ2) is 0.774. The fraction of sp³-hybridized carbons (Fsp3) is 0. The third-order valence-corrected chi connectivity index (χ3v) is 1.01. The summed E-state index contributed by atoms with van der Waals surface area (Å²) in [5.41, 5.74) is -0.444. The Kier molecular flexibility index (Phi) is 0.353. The molecular weight excluding hydrogens is 110 g/mol. The molecule has 2 aliphatic rings. The van der Waals surface area contributed by atoms with Crippen molar-refractivity contribution in [3.63, 3.8) is 0 Å². The van der Waals surface area contributed by atoms with Crippen LogP contribution in [0.15, 0.2) is 14.0 Å². The quantitative estimate of drug-likeness (QED) is 0.470. The average molecular weight is 111 g/mol. The Morgan fingerprint density at radius 1 is 1.12 bits per heavy atom. The van der Waals surface area contributed by atoms with Crippen molar-refractivity contribution in [1.29, 1.82) is 0 Å². The molecule has 0 aromatic rings. The van der Waals surface area contributed by atoms with E-state index in [1.807, 2.05) is 4.98 Å². The lowest BCUT2D eigenvalue weighted by Gasteiger charge is -1.59. The molecule has 2 rings (SSSR count). The van der Waals surface area contributed by atoms with Crippen LogP contribution in [0.4, 0.5) is 0 Å². The van der Waals surface area contributed by atoms with E-state index in [1.165, 1.54) is 0 Å². The van der Waals surface area contributed by atoms with Crippen LogP contribution in [0.3, 0.4) is 0 Å². The number of aromatic nitrogens is 1. The lowest BCUT2D eigenvalue weighted by Crippen LogP contribution is -2.09. The maximum atomic E-state index is 10.3. The maximum Gasteiger partial charge on any atom is 0.298 e. The first-order valence-corrected chi connectivity index (χ1v) is 2.07. The molecule has 0 aliphatic carbocycles. The van der Waals surface area contributed by atoms with Gasteiger partial charge in [0.1, 0.15) is 0 Å². The Labute approximate surface area is 42.1 Å². The number of nitrogens with one attached hydrogen (secondary N) is 1. The second-order valence-electron chi connectivity index (χ2n) is 1.54. The molecule has 8 heavy (non-hydrogen) atoms. The first kappa shape index (κ1) is 3.65. The van der Waals surface area contributed by atoms with E-state index in [-0.39, 0.29) is 10.8 Å². The topological polar surface area (TPSA) is 63.1 Å². The lowest BCUT2D eigenvalue weighted by molar-refractivity contribution is 0.618. The third-order valence-electron chi connectivity index (χ3n) is 1.01. The predicted octanol–water partition coefficient (Wildman–Crippen LogP) is -1.07. The minimum absolute atomic E-state index is 0.190. The van der Waals surface area contributed by atoms with E-state index in [9.17, 15) is 9.59 Å². The molecular formula is C4HNO3. The molecule has 0 unspecified atom stereocenters. The van der Waals surface area contributed by atoms with Crippen LogP contribution in [0.2, 0.25) is 0 Å². The summed E-state index contributed by atoms with van der Waals surface area (Å²) in [6.07, 6.45) is 0. The van der Waals surface area contributed by atoms with Crippen LogP contribution >= 0.6 is 0 Å². The molecule has 2 aliphatic heterocycles. The van der Waals surface area contributed by atoms with Gasteiger partial charge in [-0.15, -0.1) is 0 Å². The summed E-state index contributed by atoms with van der Waals surface area (Å²) < 4.78 is 4.45. The van der Waals surface area contributed by atoms with Crippen LogP contribution in [0.5, 0.6) is 0 Å². The van der Waals surface area contributed by atoms with Gasteiger partial charge in [0.05, 0.1) is 0 Å². The number of hydrogen-bond acceptors (Lipinski definition) is 3. The van der Waals surface area contributed by atoms with Gasteiger partial charge in [-0.05, 0) is 0 Å². The second-order valence-corrected chi connectivity index (χ2v) is 1.54. The predicted molar refractivity (Wildman–Crippen MR) is 23.3 cm³/mol. The van der Waals surface area contributed by atoms with Crippen molar-refractivity contribution in [2.24, 2.45) is 0 Å². The van der Waals surface area contributed by atoms with Gasteiger partial charge in [0.2, 0.25) is 10.8 Å². The van der Waals surface area contributed by atoms with Gasteiger partial charge >= 0.3 is 0 Å². The van der Waals surface area contributed by atoms with E-state index >= 15 is 0 Å². The lowest BCUT2D eigenvalue weighted by atomic mass is 10.7. The Hall–Kier alpha value is -1.32. The molecule has 40 valence electrons. The van der Waals surface area contributed by atoms with Crippen LogP contribution in [0.25, 0.3) is 0 Å². The van der Waals surface area contributed by atoms with Crippen LogP contribution in [0, 0.1) is 10.8 Å². The van der Waals surface area contributed by atoms with E-state index in [4.69, 9.17) is 0 Å². The molecule has 0 aromatic heterocycles. The normalized spacial score (nSPS) is 11.5. The SMILES string of the molecule is O=c1[nH]c(=O)c2oc1=2. The van der Waals surface area contributed by atoms with Crippen molar-refractivity contribution in [2.75, 3.05) is 0 Å². The Balaban J connectivity index is 3.39. The van der Waals surface area contributed by atoms with E-state index < -0.39 is 11.1 Å². The molecule has 0 fully saturated rings. The van der Waals surface area contributed by atoms with Gasteiger partial charge in [0.15, 0.2) is 0 Å². The minimum atomic E-state index is -0.412. The Bertz CT molecular complexity index is 387. The summed E-state index contributed by atoms with van der Waals surface area (Å²) in [6, 6.07) is 0. The van der Waals surface area contributed by atoms with Gasteiger partial charge in [-0.2, -0.15) is 0 Å². The monoisotopic (exact) mass is 111 g/mol. The molecule has 2 heterocycles. The smallest absolute Gasteiger partial charge is 0.298 e. The zero-order chi connectivity index (χ0) is 5.72. The van der Waals surface area contributed by atoms with Crippen LogP contribution in [0.1, 0.15) is 0 Å². The van der Waals surface area contributed by atoms with Crippen molar-refractivity contribution in [3.8, 4) is 0 Å². The summed E-state index contributed by atoms with van der Waals surface area (Å²) >= 11 is 0. The zero-order valence-corrected chi connectivity index (χ0v) is 3.72. The highest BCUT2D eigenvalue weighted by Gasteiger charge is 2.11. The molecule has 4 heteroatoms. The maximum absolute atomic E-state index is 10.3. The molecule has 0 saturated carbocycles. The van der Waals surface area contributed by atoms with Crippen molar-refractivity contribution < 1.29 is 4.42 Å². The molecule has 0 aromatic carbocycles. The van der Waals surface area contributed by atoms with Crippen LogP contribution < -0.4 is 11.1 Å². The standard InChI is InChI=1S/C4HNO3/c6-3-1-2(8-1)4(7)5-3/h(H,5,6,7). The highest BCUT2D eigenvalue weighted by molar-refractivity contribution is 4.94. The highest BCUT2D eigenvalue weighted by Crippen LogP contribution is 1.91.